The number of nitrogens with zero attached hydrogens (tertiary/aromatic N) is 1. The molecule has 6 heteroatoms. The van der Waals surface area contributed by atoms with Crippen molar-refractivity contribution < 1.29 is 14.3 Å². The molecule has 1 aromatic heterocycles. The highest BCUT2D eigenvalue weighted by atomic mass is 32.1. The Labute approximate surface area is 192 Å². The first kappa shape index (κ1) is 20.9. The summed E-state index contributed by atoms with van der Waals surface area (Å²) >= 11 is 1.47. The van der Waals surface area contributed by atoms with Crippen LogP contribution in [-0.2, 0) is 17.6 Å². The summed E-state index contributed by atoms with van der Waals surface area (Å²) in [6.07, 6.45) is 3.25. The van der Waals surface area contributed by atoms with Gasteiger partial charge in [0, 0.05) is 23.5 Å². The third-order valence-corrected chi connectivity index (χ3v) is 7.54. The van der Waals surface area contributed by atoms with Crippen molar-refractivity contribution in [2.45, 2.75) is 26.2 Å². The number of hydrogen-bond acceptors (Lipinski definition) is 4. The lowest BCUT2D eigenvalue weighted by Gasteiger charge is -2.27. The van der Waals surface area contributed by atoms with Crippen LogP contribution in [0.3, 0.4) is 0 Å². The molecule has 0 radical (unpaired) electrons. The standard InChI is InChI=1S/C26H26N2O3S/c1-17-22(26(30)28-12-14-31-15-13-28)25(32-23(17)19-6-3-2-4-7-19)27-24(29)21-11-10-18-8-5-9-20(18)16-21/h2-4,6-7,10-11,16H,5,8-9,12-15H2,1H3,(H,27,29). The van der Waals surface area contributed by atoms with E-state index < -0.39 is 0 Å². The Morgan fingerprint density at radius 2 is 1.75 bits per heavy atom. The van der Waals surface area contributed by atoms with Crippen molar-refractivity contribution in [3.05, 3.63) is 76.3 Å². The quantitative estimate of drug-likeness (QED) is 0.618. The van der Waals surface area contributed by atoms with Crippen LogP contribution in [0.1, 0.15) is 43.8 Å². The molecule has 0 atom stereocenters. The van der Waals surface area contributed by atoms with E-state index in [9.17, 15) is 9.59 Å². The Morgan fingerprint density at radius 1 is 1.00 bits per heavy atom. The third kappa shape index (κ3) is 3.96. The van der Waals surface area contributed by atoms with Crippen molar-refractivity contribution in [1.82, 2.24) is 4.90 Å². The van der Waals surface area contributed by atoms with E-state index in [2.05, 4.69) is 11.4 Å². The van der Waals surface area contributed by atoms with Gasteiger partial charge in [-0.15, -0.1) is 11.3 Å². The van der Waals surface area contributed by atoms with Crippen LogP contribution in [0.5, 0.6) is 0 Å². The molecule has 1 aliphatic heterocycles. The number of aryl methyl sites for hydroxylation is 2. The Hall–Kier alpha value is -2.96. The lowest BCUT2D eigenvalue weighted by atomic mass is 10.0. The molecule has 5 rings (SSSR count). The van der Waals surface area contributed by atoms with Gasteiger partial charge in [0.15, 0.2) is 0 Å². The maximum atomic E-state index is 13.5. The highest BCUT2D eigenvalue weighted by Gasteiger charge is 2.28. The van der Waals surface area contributed by atoms with Crippen molar-refractivity contribution in [3.8, 4) is 10.4 Å². The van der Waals surface area contributed by atoms with Crippen LogP contribution in [0.25, 0.3) is 10.4 Å². The van der Waals surface area contributed by atoms with Gasteiger partial charge in [-0.05, 0) is 60.6 Å². The van der Waals surface area contributed by atoms with E-state index in [-0.39, 0.29) is 11.8 Å². The summed E-state index contributed by atoms with van der Waals surface area (Å²) in [5, 5.41) is 3.68. The van der Waals surface area contributed by atoms with E-state index in [1.807, 2.05) is 54.3 Å². The smallest absolute Gasteiger partial charge is 0.257 e. The Kier molecular flexibility index (Phi) is 5.81. The van der Waals surface area contributed by atoms with Gasteiger partial charge in [0.25, 0.3) is 11.8 Å². The molecule has 164 valence electrons. The summed E-state index contributed by atoms with van der Waals surface area (Å²) in [4.78, 5) is 29.5. The van der Waals surface area contributed by atoms with Crippen molar-refractivity contribution in [2.75, 3.05) is 31.6 Å². The average molecular weight is 447 g/mol. The van der Waals surface area contributed by atoms with Crippen LogP contribution in [-0.4, -0.2) is 43.0 Å². The molecule has 1 N–H and O–H groups in total. The summed E-state index contributed by atoms with van der Waals surface area (Å²) < 4.78 is 5.42. The van der Waals surface area contributed by atoms with Crippen molar-refractivity contribution in [2.24, 2.45) is 0 Å². The lowest BCUT2D eigenvalue weighted by Crippen LogP contribution is -2.41. The van der Waals surface area contributed by atoms with Crippen molar-refractivity contribution in [1.29, 1.82) is 0 Å². The first-order valence-electron chi connectivity index (χ1n) is 11.1. The van der Waals surface area contributed by atoms with E-state index in [1.165, 1.54) is 22.5 Å². The maximum absolute atomic E-state index is 13.5. The largest absolute Gasteiger partial charge is 0.378 e. The fraction of sp³-hybridized carbons (Fsp3) is 0.308. The van der Waals surface area contributed by atoms with E-state index >= 15 is 0 Å². The maximum Gasteiger partial charge on any atom is 0.257 e. The molecule has 5 nitrogen and oxygen atoms in total. The minimum absolute atomic E-state index is 0.0477. The minimum atomic E-state index is -0.170. The van der Waals surface area contributed by atoms with Crippen LogP contribution < -0.4 is 5.32 Å². The second-order valence-electron chi connectivity index (χ2n) is 8.32. The van der Waals surface area contributed by atoms with Gasteiger partial charge in [0.05, 0.1) is 18.8 Å². The number of amides is 2. The van der Waals surface area contributed by atoms with E-state index in [1.54, 1.807) is 0 Å². The van der Waals surface area contributed by atoms with Crippen molar-refractivity contribution >= 4 is 28.2 Å². The predicted molar refractivity (Wildman–Crippen MR) is 128 cm³/mol. The molecule has 1 saturated heterocycles. The molecule has 0 saturated carbocycles. The Bertz CT molecular complexity index is 1160. The van der Waals surface area contributed by atoms with Crippen LogP contribution in [0, 0.1) is 6.92 Å². The number of thiophene rings is 1. The van der Waals surface area contributed by atoms with Crippen molar-refractivity contribution in [3.63, 3.8) is 0 Å². The van der Waals surface area contributed by atoms with E-state index in [0.29, 0.717) is 42.4 Å². The zero-order valence-electron chi connectivity index (χ0n) is 18.1. The molecule has 0 spiro atoms. The number of ether oxygens (including phenoxy) is 1. The number of nitrogens with one attached hydrogen (secondary N) is 1. The first-order chi connectivity index (χ1) is 15.6. The van der Waals surface area contributed by atoms with E-state index in [0.717, 1.165) is 35.3 Å². The first-order valence-corrected chi connectivity index (χ1v) is 11.9. The lowest BCUT2D eigenvalue weighted by molar-refractivity contribution is 0.0303. The summed E-state index contributed by atoms with van der Waals surface area (Å²) in [5.74, 6) is -0.218. The molecule has 2 amide bonds. The normalized spacial score (nSPS) is 15.5. The summed E-state index contributed by atoms with van der Waals surface area (Å²) in [5.41, 5.74) is 5.77. The SMILES string of the molecule is Cc1c(-c2ccccc2)sc(NC(=O)c2ccc3c(c2)CCC3)c1C(=O)N1CCOCC1. The van der Waals surface area contributed by atoms with Gasteiger partial charge < -0.3 is 15.0 Å². The Morgan fingerprint density at radius 3 is 2.53 bits per heavy atom. The summed E-state index contributed by atoms with van der Waals surface area (Å²) in [6, 6.07) is 16.0. The molecule has 2 heterocycles. The molecule has 0 unspecified atom stereocenters. The third-order valence-electron chi connectivity index (χ3n) is 6.28. The summed E-state index contributed by atoms with van der Waals surface area (Å²) in [6.45, 7) is 4.17. The van der Waals surface area contributed by atoms with Gasteiger partial charge in [-0.2, -0.15) is 0 Å². The van der Waals surface area contributed by atoms with Crippen LogP contribution in [0.2, 0.25) is 0 Å². The van der Waals surface area contributed by atoms with Crippen LogP contribution >= 0.6 is 11.3 Å². The molecule has 0 bridgehead atoms. The number of anilines is 1. The van der Waals surface area contributed by atoms with Gasteiger partial charge in [0.2, 0.25) is 0 Å². The monoisotopic (exact) mass is 446 g/mol. The molecule has 3 aromatic rings. The minimum Gasteiger partial charge on any atom is -0.378 e. The number of carbonyl (C=O) groups is 2. The zero-order valence-corrected chi connectivity index (χ0v) is 19.0. The highest BCUT2D eigenvalue weighted by molar-refractivity contribution is 7.20. The number of hydrogen-bond donors (Lipinski definition) is 1. The molecular formula is C26H26N2O3S. The van der Waals surface area contributed by atoms with Gasteiger partial charge >= 0.3 is 0 Å². The molecule has 2 aromatic carbocycles. The van der Waals surface area contributed by atoms with Crippen LogP contribution in [0.4, 0.5) is 5.00 Å². The van der Waals surface area contributed by atoms with Gasteiger partial charge in [-0.3, -0.25) is 9.59 Å². The van der Waals surface area contributed by atoms with Gasteiger partial charge in [0.1, 0.15) is 5.00 Å². The molecule has 1 fully saturated rings. The van der Waals surface area contributed by atoms with Gasteiger partial charge in [-0.25, -0.2) is 0 Å². The number of carbonyl (C=O) groups excluding carboxylic acids is 2. The molecule has 2 aliphatic rings. The molecule has 1 aliphatic carbocycles. The number of benzene rings is 2. The molecule has 32 heavy (non-hydrogen) atoms. The fourth-order valence-electron chi connectivity index (χ4n) is 4.54. The van der Waals surface area contributed by atoms with Crippen LogP contribution in [0.15, 0.2) is 48.5 Å². The number of morpholine rings is 1. The molecular weight excluding hydrogens is 420 g/mol. The predicted octanol–water partition coefficient (Wildman–Crippen LogP) is 4.94. The number of rotatable bonds is 4. The zero-order chi connectivity index (χ0) is 22.1. The summed E-state index contributed by atoms with van der Waals surface area (Å²) in [7, 11) is 0. The number of fused-ring (bicyclic) bond motifs is 1. The fourth-order valence-corrected chi connectivity index (χ4v) is 5.74. The topological polar surface area (TPSA) is 58.6 Å². The average Bonchev–Trinajstić information content (AvgIpc) is 3.43. The highest BCUT2D eigenvalue weighted by Crippen LogP contribution is 2.41. The second-order valence-corrected chi connectivity index (χ2v) is 9.34. The Balaban J connectivity index is 1.51. The second kappa shape index (κ2) is 8.88. The van der Waals surface area contributed by atoms with Gasteiger partial charge in [-0.1, -0.05) is 36.4 Å². The van der Waals surface area contributed by atoms with E-state index in [4.69, 9.17) is 4.74 Å².